The van der Waals surface area contributed by atoms with Crippen molar-refractivity contribution in [2.24, 2.45) is 5.92 Å². The Kier molecular flexibility index (Phi) is 6.02. The van der Waals surface area contributed by atoms with Crippen molar-refractivity contribution in [2.45, 2.75) is 26.8 Å². The first kappa shape index (κ1) is 16.9. The summed E-state index contributed by atoms with van der Waals surface area (Å²) in [6, 6.07) is 8.04. The van der Waals surface area contributed by atoms with E-state index in [1.807, 2.05) is 0 Å². The number of amides is 1. The van der Waals surface area contributed by atoms with E-state index in [9.17, 15) is 9.18 Å². The molecule has 122 valence electrons. The minimum Gasteiger partial charge on any atom is -0.351 e. The van der Waals surface area contributed by atoms with E-state index in [4.69, 9.17) is 0 Å². The number of nitrogens with one attached hydrogen (secondary N) is 2. The molecular weight excluding hydrogens is 295 g/mol. The molecule has 1 aromatic heterocycles. The van der Waals surface area contributed by atoms with Crippen molar-refractivity contribution in [3.05, 3.63) is 53.6 Å². The first-order chi connectivity index (χ1) is 11.1. The van der Waals surface area contributed by atoms with Gasteiger partial charge in [-0.3, -0.25) is 4.79 Å². The van der Waals surface area contributed by atoms with Crippen molar-refractivity contribution < 1.29 is 9.18 Å². The number of halogens is 1. The number of hydrogen-bond acceptors (Lipinski definition) is 4. The first-order valence-electron chi connectivity index (χ1n) is 7.65. The Bertz CT molecular complexity index is 661. The predicted octanol–water partition coefficient (Wildman–Crippen LogP) is 3.00. The lowest BCUT2D eigenvalue weighted by Gasteiger charge is -2.09. The molecule has 0 atom stereocenters. The number of aromatic nitrogens is 2. The molecule has 0 aliphatic rings. The topological polar surface area (TPSA) is 66.9 Å². The Morgan fingerprint density at radius 2 is 2.04 bits per heavy atom. The van der Waals surface area contributed by atoms with Crippen LogP contribution in [0.5, 0.6) is 0 Å². The quantitative estimate of drug-likeness (QED) is 0.824. The summed E-state index contributed by atoms with van der Waals surface area (Å²) in [6.45, 7) is 5.06. The second-order valence-electron chi connectivity index (χ2n) is 5.65. The van der Waals surface area contributed by atoms with Crippen molar-refractivity contribution in [2.75, 3.05) is 11.9 Å². The normalized spacial score (nSPS) is 10.6. The summed E-state index contributed by atoms with van der Waals surface area (Å²) in [4.78, 5) is 20.2. The average molecular weight is 316 g/mol. The largest absolute Gasteiger partial charge is 0.351 e. The van der Waals surface area contributed by atoms with Gasteiger partial charge in [0.05, 0.1) is 0 Å². The Labute approximate surface area is 135 Å². The van der Waals surface area contributed by atoms with Gasteiger partial charge in [0.25, 0.3) is 5.91 Å². The summed E-state index contributed by atoms with van der Waals surface area (Å²) < 4.78 is 13.6. The van der Waals surface area contributed by atoms with Crippen LogP contribution in [0.1, 0.15) is 36.3 Å². The molecule has 1 aromatic carbocycles. The van der Waals surface area contributed by atoms with Crippen LogP contribution in [0.2, 0.25) is 0 Å². The zero-order chi connectivity index (χ0) is 16.7. The molecule has 0 fully saturated rings. The summed E-state index contributed by atoms with van der Waals surface area (Å²) in [7, 11) is 0. The molecule has 0 unspecified atom stereocenters. The minimum absolute atomic E-state index is 0.234. The molecule has 2 aromatic rings. The highest BCUT2D eigenvalue weighted by molar-refractivity contribution is 5.92. The number of carbonyl (C=O) groups is 1. The lowest BCUT2D eigenvalue weighted by Crippen LogP contribution is -2.26. The smallest absolute Gasteiger partial charge is 0.270 e. The molecule has 0 radical (unpaired) electrons. The number of hydrogen-bond donors (Lipinski definition) is 2. The molecule has 1 amide bonds. The molecule has 0 saturated heterocycles. The lowest BCUT2D eigenvalue weighted by molar-refractivity contribution is 0.0947. The van der Waals surface area contributed by atoms with Gasteiger partial charge in [-0.1, -0.05) is 32.0 Å². The van der Waals surface area contributed by atoms with Gasteiger partial charge >= 0.3 is 0 Å². The molecular formula is C17H21FN4O. The van der Waals surface area contributed by atoms with Crippen LogP contribution in [-0.2, 0) is 6.54 Å². The number of benzene rings is 1. The number of carbonyl (C=O) groups excluding carboxylic acids is 1. The third-order valence-electron chi connectivity index (χ3n) is 3.29. The highest BCUT2D eigenvalue weighted by Gasteiger charge is 2.09. The predicted molar refractivity (Wildman–Crippen MR) is 87.5 cm³/mol. The summed E-state index contributed by atoms with van der Waals surface area (Å²) in [5, 5.41) is 5.75. The fraction of sp³-hybridized carbons (Fsp3) is 0.353. The summed E-state index contributed by atoms with van der Waals surface area (Å²) >= 11 is 0. The third kappa shape index (κ3) is 5.32. The fourth-order valence-corrected chi connectivity index (χ4v) is 1.95. The van der Waals surface area contributed by atoms with Gasteiger partial charge < -0.3 is 10.6 Å². The van der Waals surface area contributed by atoms with Crippen molar-refractivity contribution in [1.29, 1.82) is 0 Å². The van der Waals surface area contributed by atoms with Gasteiger partial charge in [-0.25, -0.2) is 14.4 Å². The number of anilines is 1. The molecule has 0 saturated carbocycles. The molecule has 0 aliphatic heterocycles. The second kappa shape index (κ2) is 8.22. The Morgan fingerprint density at radius 3 is 2.78 bits per heavy atom. The van der Waals surface area contributed by atoms with Gasteiger partial charge in [0.1, 0.15) is 11.5 Å². The van der Waals surface area contributed by atoms with Crippen molar-refractivity contribution in [3.8, 4) is 0 Å². The summed E-state index contributed by atoms with van der Waals surface area (Å²) in [6.07, 6.45) is 2.42. The minimum atomic E-state index is -0.289. The lowest BCUT2D eigenvalue weighted by atomic mass is 10.1. The van der Waals surface area contributed by atoms with E-state index in [-0.39, 0.29) is 18.3 Å². The molecule has 1 heterocycles. The molecule has 23 heavy (non-hydrogen) atoms. The first-order valence-corrected chi connectivity index (χ1v) is 7.65. The maximum absolute atomic E-state index is 13.6. The monoisotopic (exact) mass is 316 g/mol. The zero-order valence-electron chi connectivity index (χ0n) is 13.3. The molecule has 0 aliphatic carbocycles. The Balaban J connectivity index is 1.94. The van der Waals surface area contributed by atoms with Crippen LogP contribution in [0, 0.1) is 11.7 Å². The van der Waals surface area contributed by atoms with Crippen LogP contribution < -0.4 is 10.6 Å². The van der Waals surface area contributed by atoms with Gasteiger partial charge in [0, 0.05) is 24.8 Å². The molecule has 0 bridgehead atoms. The second-order valence-corrected chi connectivity index (χ2v) is 5.65. The summed E-state index contributed by atoms with van der Waals surface area (Å²) in [5.41, 5.74) is 0.808. The molecule has 6 heteroatoms. The number of rotatable bonds is 7. The maximum atomic E-state index is 13.6. The van der Waals surface area contributed by atoms with Crippen LogP contribution in [0.4, 0.5) is 10.3 Å². The van der Waals surface area contributed by atoms with Crippen LogP contribution in [-0.4, -0.2) is 22.4 Å². The van der Waals surface area contributed by atoms with Gasteiger partial charge in [-0.05, 0) is 24.5 Å². The van der Waals surface area contributed by atoms with Crippen molar-refractivity contribution in [1.82, 2.24) is 15.3 Å². The highest BCUT2D eigenvalue weighted by atomic mass is 19.1. The molecule has 0 spiro atoms. The molecule has 5 nitrogen and oxygen atoms in total. The molecule has 2 rings (SSSR count). The maximum Gasteiger partial charge on any atom is 0.270 e. The highest BCUT2D eigenvalue weighted by Crippen LogP contribution is 2.09. The Hall–Kier alpha value is -2.50. The van der Waals surface area contributed by atoms with Crippen LogP contribution >= 0.6 is 0 Å². The van der Waals surface area contributed by atoms with Gasteiger partial charge in [-0.2, -0.15) is 0 Å². The number of nitrogens with zero attached hydrogens (tertiary/aromatic N) is 2. The van der Waals surface area contributed by atoms with Crippen LogP contribution in [0.3, 0.4) is 0 Å². The third-order valence-corrected chi connectivity index (χ3v) is 3.29. The Morgan fingerprint density at radius 1 is 1.26 bits per heavy atom. The SMILES string of the molecule is CC(C)CCNC(=O)c1ccnc(NCc2ccccc2F)n1. The van der Waals surface area contributed by atoms with Gasteiger partial charge in [0.15, 0.2) is 0 Å². The van der Waals surface area contributed by atoms with Gasteiger partial charge in [0.2, 0.25) is 5.95 Å². The summed E-state index contributed by atoms with van der Waals surface area (Å²) in [5.74, 6) is 0.299. The standard InChI is InChI=1S/C17H21FN4O/c1-12(2)7-9-19-16(23)15-8-10-20-17(22-15)21-11-13-5-3-4-6-14(13)18/h3-6,8,10,12H,7,9,11H2,1-2H3,(H,19,23)(H,20,21,22). The van der Waals surface area contributed by atoms with Gasteiger partial charge in [-0.15, -0.1) is 0 Å². The van der Waals surface area contributed by atoms with Crippen LogP contribution in [0.25, 0.3) is 0 Å². The molecule has 2 N–H and O–H groups in total. The van der Waals surface area contributed by atoms with E-state index in [1.54, 1.807) is 24.3 Å². The van der Waals surface area contributed by atoms with E-state index < -0.39 is 0 Å². The van der Waals surface area contributed by atoms with Crippen LogP contribution in [0.15, 0.2) is 36.5 Å². The zero-order valence-corrected chi connectivity index (χ0v) is 13.3. The van der Waals surface area contributed by atoms with E-state index >= 15 is 0 Å². The van der Waals surface area contributed by atoms with Crippen molar-refractivity contribution >= 4 is 11.9 Å². The van der Waals surface area contributed by atoms with E-state index in [2.05, 4.69) is 34.4 Å². The fourth-order valence-electron chi connectivity index (χ4n) is 1.95. The van der Waals surface area contributed by atoms with E-state index in [0.717, 1.165) is 6.42 Å². The van der Waals surface area contributed by atoms with E-state index in [1.165, 1.54) is 12.3 Å². The van der Waals surface area contributed by atoms with Crippen molar-refractivity contribution in [3.63, 3.8) is 0 Å². The van der Waals surface area contributed by atoms with E-state index in [0.29, 0.717) is 29.7 Å². The average Bonchev–Trinajstić information content (AvgIpc) is 2.54.